The zero-order chi connectivity index (χ0) is 13.5. The Morgan fingerprint density at radius 1 is 1.44 bits per heavy atom. The quantitative estimate of drug-likeness (QED) is 0.825. The first-order valence-corrected chi connectivity index (χ1v) is 6.68. The minimum atomic E-state index is 0.314. The van der Waals surface area contributed by atoms with Crippen molar-refractivity contribution < 1.29 is 4.74 Å². The number of likely N-dealkylation sites (N-methyl/N-ethyl adjacent to an activating group) is 1. The van der Waals surface area contributed by atoms with Crippen molar-refractivity contribution >= 4 is 17.3 Å². The second-order valence-electron chi connectivity index (χ2n) is 4.47. The topological polar surface area (TPSA) is 24.5 Å². The van der Waals surface area contributed by atoms with E-state index in [0.717, 1.165) is 23.8 Å². The number of nitrogens with one attached hydrogen (secondary N) is 1. The van der Waals surface area contributed by atoms with Gasteiger partial charge in [-0.2, -0.15) is 0 Å². The molecule has 0 aliphatic rings. The van der Waals surface area contributed by atoms with Crippen LogP contribution in [0.2, 0.25) is 5.02 Å². The summed E-state index contributed by atoms with van der Waals surface area (Å²) in [6.45, 7) is 6.75. The van der Waals surface area contributed by atoms with Crippen LogP contribution in [-0.2, 0) is 11.3 Å². The Morgan fingerprint density at radius 2 is 2.17 bits per heavy atom. The standard InChI is InChI=1S/C14H23ClN2O/c1-5-16-9-12-6-7-13(15)8-14(12)17(3)11(2)10-18-4/h6-8,11,16H,5,9-10H2,1-4H3. The number of anilines is 1. The molecule has 0 aliphatic carbocycles. The van der Waals surface area contributed by atoms with Crippen molar-refractivity contribution in [3.05, 3.63) is 28.8 Å². The second kappa shape index (κ2) is 7.62. The van der Waals surface area contributed by atoms with Crippen LogP contribution in [0.15, 0.2) is 18.2 Å². The molecule has 1 unspecified atom stereocenters. The molecule has 0 aliphatic heterocycles. The fourth-order valence-corrected chi connectivity index (χ4v) is 2.03. The van der Waals surface area contributed by atoms with E-state index in [1.165, 1.54) is 5.56 Å². The summed E-state index contributed by atoms with van der Waals surface area (Å²) in [6.07, 6.45) is 0. The minimum absolute atomic E-state index is 0.314. The van der Waals surface area contributed by atoms with Gasteiger partial charge in [0.15, 0.2) is 0 Å². The summed E-state index contributed by atoms with van der Waals surface area (Å²) in [4.78, 5) is 2.21. The molecule has 0 saturated heterocycles. The van der Waals surface area contributed by atoms with E-state index >= 15 is 0 Å². The van der Waals surface area contributed by atoms with Crippen LogP contribution in [0.5, 0.6) is 0 Å². The van der Waals surface area contributed by atoms with Gasteiger partial charge in [0, 0.05) is 37.5 Å². The summed E-state index contributed by atoms with van der Waals surface area (Å²) in [5, 5.41) is 4.11. The Hall–Kier alpha value is -0.770. The van der Waals surface area contributed by atoms with E-state index in [1.54, 1.807) is 7.11 Å². The van der Waals surface area contributed by atoms with Crippen molar-refractivity contribution in [1.29, 1.82) is 0 Å². The predicted octanol–water partition coefficient (Wildman–Crippen LogP) is 2.92. The molecule has 0 radical (unpaired) electrons. The highest BCUT2D eigenvalue weighted by Gasteiger charge is 2.13. The maximum absolute atomic E-state index is 6.10. The highest BCUT2D eigenvalue weighted by Crippen LogP contribution is 2.25. The van der Waals surface area contributed by atoms with Gasteiger partial charge in [0.2, 0.25) is 0 Å². The minimum Gasteiger partial charge on any atom is -0.383 e. The maximum atomic E-state index is 6.10. The molecule has 0 heterocycles. The number of rotatable bonds is 7. The number of methoxy groups -OCH3 is 1. The average molecular weight is 271 g/mol. The summed E-state index contributed by atoms with van der Waals surface area (Å²) < 4.78 is 5.21. The van der Waals surface area contributed by atoms with Crippen LogP contribution in [0.4, 0.5) is 5.69 Å². The van der Waals surface area contributed by atoms with E-state index in [9.17, 15) is 0 Å². The summed E-state index contributed by atoms with van der Waals surface area (Å²) in [6, 6.07) is 6.34. The predicted molar refractivity (Wildman–Crippen MR) is 78.6 cm³/mol. The number of benzene rings is 1. The molecule has 4 heteroatoms. The maximum Gasteiger partial charge on any atom is 0.0663 e. The molecule has 1 aromatic rings. The molecular weight excluding hydrogens is 248 g/mol. The van der Waals surface area contributed by atoms with E-state index < -0.39 is 0 Å². The van der Waals surface area contributed by atoms with Crippen LogP contribution in [0, 0.1) is 0 Å². The SMILES string of the molecule is CCNCc1ccc(Cl)cc1N(C)C(C)COC. The third kappa shape index (κ3) is 4.16. The molecule has 0 fully saturated rings. The number of hydrogen-bond donors (Lipinski definition) is 1. The Balaban J connectivity index is 2.92. The van der Waals surface area contributed by atoms with Crippen molar-refractivity contribution in [3.63, 3.8) is 0 Å². The zero-order valence-corrected chi connectivity index (χ0v) is 12.4. The molecule has 1 rings (SSSR count). The van der Waals surface area contributed by atoms with Gasteiger partial charge in [0.05, 0.1) is 6.61 Å². The molecule has 102 valence electrons. The first kappa shape index (κ1) is 15.3. The lowest BCUT2D eigenvalue weighted by molar-refractivity contribution is 0.183. The molecule has 0 bridgehead atoms. The fraction of sp³-hybridized carbons (Fsp3) is 0.571. The first-order chi connectivity index (χ1) is 8.60. The number of nitrogens with zero attached hydrogens (tertiary/aromatic N) is 1. The van der Waals surface area contributed by atoms with E-state index in [1.807, 2.05) is 12.1 Å². The lowest BCUT2D eigenvalue weighted by Crippen LogP contribution is -2.33. The molecule has 1 atom stereocenters. The van der Waals surface area contributed by atoms with Crippen LogP contribution >= 0.6 is 11.6 Å². The largest absolute Gasteiger partial charge is 0.383 e. The van der Waals surface area contributed by atoms with Gasteiger partial charge in [-0.05, 0) is 31.2 Å². The molecule has 1 N–H and O–H groups in total. The Labute approximate surface area is 115 Å². The van der Waals surface area contributed by atoms with Crippen molar-refractivity contribution in [1.82, 2.24) is 5.32 Å². The van der Waals surface area contributed by atoms with E-state index in [2.05, 4.69) is 37.2 Å². The molecule has 0 saturated carbocycles. The summed E-state index contributed by atoms with van der Waals surface area (Å²) in [7, 11) is 3.80. The van der Waals surface area contributed by atoms with Crippen LogP contribution in [0.25, 0.3) is 0 Å². The Bertz CT molecular complexity index is 371. The molecule has 0 amide bonds. The summed E-state index contributed by atoms with van der Waals surface area (Å²) in [5.74, 6) is 0. The van der Waals surface area contributed by atoms with Gasteiger partial charge in [0.25, 0.3) is 0 Å². The zero-order valence-electron chi connectivity index (χ0n) is 11.7. The van der Waals surface area contributed by atoms with Gasteiger partial charge in [0.1, 0.15) is 0 Å². The normalized spacial score (nSPS) is 12.5. The van der Waals surface area contributed by atoms with Gasteiger partial charge in [-0.3, -0.25) is 0 Å². The Morgan fingerprint density at radius 3 is 2.78 bits per heavy atom. The van der Waals surface area contributed by atoms with Gasteiger partial charge in [-0.15, -0.1) is 0 Å². The molecular formula is C14H23ClN2O. The number of hydrogen-bond acceptors (Lipinski definition) is 3. The first-order valence-electron chi connectivity index (χ1n) is 6.31. The van der Waals surface area contributed by atoms with Crippen molar-refractivity contribution in [3.8, 4) is 0 Å². The molecule has 18 heavy (non-hydrogen) atoms. The van der Waals surface area contributed by atoms with Crippen LogP contribution < -0.4 is 10.2 Å². The molecule has 0 spiro atoms. The summed E-state index contributed by atoms with van der Waals surface area (Å²) >= 11 is 6.10. The highest BCUT2D eigenvalue weighted by molar-refractivity contribution is 6.30. The van der Waals surface area contributed by atoms with Crippen molar-refractivity contribution in [2.75, 3.05) is 32.2 Å². The van der Waals surface area contributed by atoms with Crippen LogP contribution in [0.3, 0.4) is 0 Å². The molecule has 3 nitrogen and oxygen atoms in total. The third-order valence-corrected chi connectivity index (χ3v) is 3.30. The van der Waals surface area contributed by atoms with E-state index in [4.69, 9.17) is 16.3 Å². The third-order valence-electron chi connectivity index (χ3n) is 3.06. The lowest BCUT2D eigenvalue weighted by atomic mass is 10.1. The number of halogens is 1. The molecule has 0 aromatic heterocycles. The van der Waals surface area contributed by atoms with Gasteiger partial charge >= 0.3 is 0 Å². The Kier molecular flexibility index (Phi) is 6.47. The smallest absolute Gasteiger partial charge is 0.0663 e. The lowest BCUT2D eigenvalue weighted by Gasteiger charge is -2.29. The van der Waals surface area contributed by atoms with Gasteiger partial charge in [-0.1, -0.05) is 24.6 Å². The average Bonchev–Trinajstić information content (AvgIpc) is 2.36. The monoisotopic (exact) mass is 270 g/mol. The highest BCUT2D eigenvalue weighted by atomic mass is 35.5. The second-order valence-corrected chi connectivity index (χ2v) is 4.91. The van der Waals surface area contributed by atoms with Crippen molar-refractivity contribution in [2.24, 2.45) is 0 Å². The fourth-order valence-electron chi connectivity index (χ4n) is 1.86. The van der Waals surface area contributed by atoms with E-state index in [0.29, 0.717) is 12.6 Å². The van der Waals surface area contributed by atoms with Crippen LogP contribution in [0.1, 0.15) is 19.4 Å². The van der Waals surface area contributed by atoms with Gasteiger partial charge in [-0.25, -0.2) is 0 Å². The van der Waals surface area contributed by atoms with E-state index in [-0.39, 0.29) is 0 Å². The summed E-state index contributed by atoms with van der Waals surface area (Å²) in [5.41, 5.74) is 2.42. The van der Waals surface area contributed by atoms with Crippen molar-refractivity contribution in [2.45, 2.75) is 26.4 Å². The van der Waals surface area contributed by atoms with Gasteiger partial charge < -0.3 is 15.0 Å². The molecule has 1 aromatic carbocycles. The number of ether oxygens (including phenoxy) is 1. The van der Waals surface area contributed by atoms with Crippen LogP contribution in [-0.4, -0.2) is 33.4 Å².